The molecule has 0 saturated carbocycles. The normalized spacial score (nSPS) is 18.4. The Bertz CT molecular complexity index is 1480. The monoisotopic (exact) mass is 753 g/mol. The van der Waals surface area contributed by atoms with Crippen molar-refractivity contribution in [2.24, 2.45) is 17.8 Å². The van der Waals surface area contributed by atoms with Crippen LogP contribution in [0.25, 0.3) is 0 Å². The Kier molecular flexibility index (Phi) is 18.0. The van der Waals surface area contributed by atoms with Gasteiger partial charge in [0.25, 0.3) is 5.91 Å². The summed E-state index contributed by atoms with van der Waals surface area (Å²) in [6, 6.07) is 6.95. The molecule has 1 aliphatic carbocycles. The molecule has 1 heterocycles. The number of nitrogens with zero attached hydrogens (tertiary/aromatic N) is 2. The number of hydrogen-bond donors (Lipinski definition) is 3. The second-order valence-electron chi connectivity index (χ2n) is 15.4. The molecule has 0 fully saturated rings. The van der Waals surface area contributed by atoms with Gasteiger partial charge in [-0.3, -0.25) is 14.4 Å². The van der Waals surface area contributed by atoms with E-state index in [0.717, 1.165) is 30.7 Å². The zero-order chi connectivity index (χ0) is 39.2. The zero-order valence-corrected chi connectivity index (χ0v) is 34.8. The van der Waals surface area contributed by atoms with Gasteiger partial charge in [-0.2, -0.15) is 0 Å². The molecule has 53 heavy (non-hydrogen) atoms. The smallest absolute Gasteiger partial charge is 0.270 e. The molecule has 3 rings (SSSR count). The van der Waals surface area contributed by atoms with Gasteiger partial charge in [-0.05, 0) is 68.0 Å². The fourth-order valence-electron chi connectivity index (χ4n) is 7.28. The third kappa shape index (κ3) is 12.1. The maximum atomic E-state index is 14.6. The van der Waals surface area contributed by atoms with Crippen molar-refractivity contribution in [3.63, 3.8) is 0 Å². The van der Waals surface area contributed by atoms with E-state index in [1.54, 1.807) is 19.5 Å². The molecule has 10 nitrogen and oxygen atoms in total. The fourth-order valence-corrected chi connectivity index (χ4v) is 8.14. The second-order valence-corrected chi connectivity index (χ2v) is 16.3. The summed E-state index contributed by atoms with van der Waals surface area (Å²) in [4.78, 5) is 48.6. The summed E-state index contributed by atoms with van der Waals surface area (Å²) in [5.41, 5.74) is 2.73. The van der Waals surface area contributed by atoms with Gasteiger partial charge in [0.2, 0.25) is 11.8 Å². The number of ether oxygens (including phenoxy) is 2. The lowest BCUT2D eigenvalue weighted by atomic mass is 9.79. The van der Waals surface area contributed by atoms with Gasteiger partial charge in [-0.25, -0.2) is 4.98 Å². The van der Waals surface area contributed by atoms with Gasteiger partial charge in [0.05, 0.1) is 18.9 Å². The first-order valence-electron chi connectivity index (χ1n) is 19.8. The highest BCUT2D eigenvalue weighted by molar-refractivity contribution is 7.09. The highest BCUT2D eigenvalue weighted by atomic mass is 32.1. The number of hydrogen-bond acceptors (Lipinski definition) is 8. The van der Waals surface area contributed by atoms with Crippen molar-refractivity contribution >= 4 is 29.1 Å². The number of likely N-dealkylation sites (N-methyl/N-ethyl adjacent to an activating group) is 1. The van der Waals surface area contributed by atoms with Crippen molar-refractivity contribution in [3.8, 4) is 0 Å². The summed E-state index contributed by atoms with van der Waals surface area (Å²) < 4.78 is 12.0. The van der Waals surface area contributed by atoms with E-state index in [2.05, 4.69) is 83.1 Å². The molecular weight excluding hydrogens is 687 g/mol. The van der Waals surface area contributed by atoms with Gasteiger partial charge in [0, 0.05) is 43.0 Å². The molecule has 2 aromatic rings. The molecule has 1 aromatic heterocycles. The number of thiazole rings is 1. The van der Waals surface area contributed by atoms with E-state index in [0.29, 0.717) is 49.8 Å². The maximum absolute atomic E-state index is 14.6. The van der Waals surface area contributed by atoms with E-state index in [-0.39, 0.29) is 53.6 Å². The third-order valence-electron chi connectivity index (χ3n) is 10.5. The summed E-state index contributed by atoms with van der Waals surface area (Å²) in [7, 11) is 3.43. The number of aromatic nitrogens is 1. The number of fused-ring (bicyclic) bond motifs is 1. The Labute approximate surface area is 323 Å². The molecule has 7 atom stereocenters. The SMILES string of the molecule is C=C(OC)[C@@H]1C[C@@H](NC(=O)c2csc([C@@H](C[C@H](C(C)C)N(CCC)C(=O)[C@@H](NC(=O)[C@H](CC(C)C)NC)[C@@H](C)CC)OCCC)n2)Cc2ccccc21. The van der Waals surface area contributed by atoms with E-state index in [1.807, 2.05) is 24.0 Å². The van der Waals surface area contributed by atoms with Crippen LogP contribution in [0.15, 0.2) is 42.0 Å². The molecule has 0 aliphatic heterocycles. The van der Waals surface area contributed by atoms with Crippen molar-refractivity contribution in [2.75, 3.05) is 27.3 Å². The number of carbonyl (C=O) groups is 3. The Morgan fingerprint density at radius 2 is 1.77 bits per heavy atom. The predicted octanol–water partition coefficient (Wildman–Crippen LogP) is 7.42. The van der Waals surface area contributed by atoms with Crippen molar-refractivity contribution in [2.45, 2.75) is 137 Å². The van der Waals surface area contributed by atoms with Crippen LogP contribution in [0.5, 0.6) is 0 Å². The van der Waals surface area contributed by atoms with Crippen molar-refractivity contribution in [1.82, 2.24) is 25.8 Å². The van der Waals surface area contributed by atoms with Crippen LogP contribution in [-0.4, -0.2) is 79.1 Å². The van der Waals surface area contributed by atoms with Gasteiger partial charge in [-0.1, -0.05) is 92.7 Å². The number of methoxy groups -OCH3 is 1. The van der Waals surface area contributed by atoms with Crippen molar-refractivity contribution in [1.29, 1.82) is 0 Å². The molecule has 1 aliphatic rings. The summed E-state index contributed by atoms with van der Waals surface area (Å²) in [6.07, 6.45) is 4.55. The van der Waals surface area contributed by atoms with Crippen LogP contribution >= 0.6 is 11.3 Å². The van der Waals surface area contributed by atoms with Crippen LogP contribution in [0.1, 0.15) is 133 Å². The van der Waals surface area contributed by atoms with Crippen molar-refractivity contribution < 1.29 is 23.9 Å². The van der Waals surface area contributed by atoms with E-state index >= 15 is 0 Å². The highest BCUT2D eigenvalue weighted by Crippen LogP contribution is 2.37. The second kappa shape index (κ2) is 21.6. The Hall–Kier alpha value is -3.28. The summed E-state index contributed by atoms with van der Waals surface area (Å²) in [6.45, 7) is 21.9. The van der Waals surface area contributed by atoms with Crippen LogP contribution < -0.4 is 16.0 Å². The van der Waals surface area contributed by atoms with E-state index in [4.69, 9.17) is 14.5 Å². The number of rotatable bonds is 22. The average molecular weight is 754 g/mol. The molecule has 296 valence electrons. The molecule has 3 amide bonds. The number of amides is 3. The molecule has 0 unspecified atom stereocenters. The van der Waals surface area contributed by atoms with Gasteiger partial charge >= 0.3 is 0 Å². The van der Waals surface area contributed by atoms with Gasteiger partial charge in [0.1, 0.15) is 22.8 Å². The van der Waals surface area contributed by atoms with E-state index < -0.39 is 12.1 Å². The first kappa shape index (κ1) is 44.1. The van der Waals surface area contributed by atoms with Gasteiger partial charge in [0.15, 0.2) is 0 Å². The lowest BCUT2D eigenvalue weighted by Gasteiger charge is -2.39. The number of allylic oxidation sites excluding steroid dienone is 1. The molecule has 0 saturated heterocycles. The minimum Gasteiger partial charge on any atom is -0.501 e. The zero-order valence-electron chi connectivity index (χ0n) is 34.0. The fraction of sp³-hybridized carbons (Fsp3) is 0.667. The highest BCUT2D eigenvalue weighted by Gasteiger charge is 2.37. The Morgan fingerprint density at radius 1 is 1.06 bits per heavy atom. The van der Waals surface area contributed by atoms with Crippen LogP contribution in [0.3, 0.4) is 0 Å². The molecule has 3 N–H and O–H groups in total. The first-order chi connectivity index (χ1) is 25.3. The van der Waals surface area contributed by atoms with E-state index in [9.17, 15) is 14.4 Å². The van der Waals surface area contributed by atoms with Crippen molar-refractivity contribution in [3.05, 3.63) is 63.8 Å². The standard InChI is InChI=1S/C42H67N5O5S/c1-12-19-47(42(50)38(28(8)14-3)46-39(48)34(43-10)21-26(4)5)36(27(6)7)24-37(52-20-13-2)41-45-35(25-53-41)40(49)44-31-22-30-17-15-16-18-32(30)33(23-31)29(9)51-11/h15-18,25-28,31,33-34,36-38,43H,9,12-14,19-24H2,1-8,10-11H3,(H,44,49)(H,46,48)/t28-,31-,33-,34-,36+,37+,38-/m0/s1. The Morgan fingerprint density at radius 3 is 2.38 bits per heavy atom. The lowest BCUT2D eigenvalue weighted by Crippen LogP contribution is -2.58. The molecule has 0 spiro atoms. The maximum Gasteiger partial charge on any atom is 0.270 e. The molecular formula is C42H67N5O5S. The van der Waals surface area contributed by atoms with Crippen LogP contribution in [0, 0.1) is 17.8 Å². The summed E-state index contributed by atoms with van der Waals surface area (Å²) in [5, 5.41) is 12.0. The Balaban J connectivity index is 1.86. The minimum absolute atomic E-state index is 0.00664. The van der Waals surface area contributed by atoms with Crippen LogP contribution in [0.2, 0.25) is 0 Å². The topological polar surface area (TPSA) is 122 Å². The molecule has 0 radical (unpaired) electrons. The number of carbonyl (C=O) groups excluding carboxylic acids is 3. The lowest BCUT2D eigenvalue weighted by molar-refractivity contribution is -0.142. The van der Waals surface area contributed by atoms with Crippen LogP contribution in [0.4, 0.5) is 0 Å². The number of nitrogens with one attached hydrogen (secondary N) is 3. The third-order valence-corrected chi connectivity index (χ3v) is 11.4. The number of benzene rings is 1. The molecule has 1 aromatic carbocycles. The average Bonchev–Trinajstić information content (AvgIpc) is 3.64. The van der Waals surface area contributed by atoms with Crippen LogP contribution in [-0.2, 0) is 25.5 Å². The predicted molar refractivity (Wildman–Crippen MR) is 215 cm³/mol. The minimum atomic E-state index is -0.652. The quantitative estimate of drug-likeness (QED) is 0.107. The summed E-state index contributed by atoms with van der Waals surface area (Å²) >= 11 is 1.42. The summed E-state index contributed by atoms with van der Waals surface area (Å²) in [5.74, 6) is 0.621. The largest absolute Gasteiger partial charge is 0.501 e. The van der Waals surface area contributed by atoms with Gasteiger partial charge in [-0.15, -0.1) is 11.3 Å². The molecule has 11 heteroatoms. The first-order valence-corrected chi connectivity index (χ1v) is 20.6. The molecule has 0 bridgehead atoms. The van der Waals surface area contributed by atoms with E-state index in [1.165, 1.54) is 22.5 Å². The van der Waals surface area contributed by atoms with Gasteiger partial charge < -0.3 is 30.3 Å².